The number of benzene rings is 2. The molecule has 3 aliphatic rings. The molecule has 4 heterocycles. The van der Waals surface area contributed by atoms with Crippen molar-refractivity contribution in [1.29, 1.82) is 0 Å². The highest BCUT2D eigenvalue weighted by Gasteiger charge is 2.45. The monoisotopic (exact) mass is 443 g/mol. The van der Waals surface area contributed by atoms with Gasteiger partial charge in [-0.2, -0.15) is 0 Å². The van der Waals surface area contributed by atoms with Gasteiger partial charge in [0.25, 0.3) is 0 Å². The molecular weight excluding hydrogens is 414 g/mol. The van der Waals surface area contributed by atoms with Crippen LogP contribution in [-0.4, -0.2) is 46.2 Å². The van der Waals surface area contributed by atoms with Gasteiger partial charge in [0.05, 0.1) is 0 Å². The second kappa shape index (κ2) is 8.21. The quantitative estimate of drug-likeness (QED) is 0.650. The average Bonchev–Trinajstić information content (AvgIpc) is 3.53. The molecule has 1 amide bonds. The maximum atomic E-state index is 13.1. The van der Waals surface area contributed by atoms with E-state index in [0.717, 1.165) is 57.3 Å². The number of anilines is 2. The van der Waals surface area contributed by atoms with Crippen LogP contribution in [0.3, 0.4) is 0 Å². The van der Waals surface area contributed by atoms with Gasteiger partial charge in [0, 0.05) is 49.4 Å². The fourth-order valence-corrected chi connectivity index (χ4v) is 5.77. The summed E-state index contributed by atoms with van der Waals surface area (Å²) in [4.78, 5) is 17.5. The Hall–Kier alpha value is -3.35. The lowest BCUT2D eigenvalue weighted by molar-refractivity contribution is -0.144. The number of nitrogens with zero attached hydrogens (tertiary/aromatic N) is 4. The first-order chi connectivity index (χ1) is 16.2. The van der Waals surface area contributed by atoms with Crippen molar-refractivity contribution in [2.45, 2.75) is 50.6 Å². The molecule has 1 spiro atoms. The van der Waals surface area contributed by atoms with Crippen LogP contribution >= 0.6 is 0 Å². The Bertz CT molecular complexity index is 1150. The molecule has 0 radical (unpaired) electrons. The lowest BCUT2D eigenvalue weighted by Crippen LogP contribution is -2.59. The van der Waals surface area contributed by atoms with Crippen molar-refractivity contribution in [1.82, 2.24) is 15.1 Å². The number of carbonyl (C=O) groups excluding carboxylic acids is 1. The van der Waals surface area contributed by atoms with Crippen molar-refractivity contribution in [3.8, 4) is 11.5 Å². The number of hydrogen-bond acceptors (Lipinski definition) is 6. The SMILES string of the molecule is O=C1CCCC2(CCN(c3nnc(-c4ccccc4)o3)CC2)N1Cc1cccc2c1CCN2. The summed E-state index contributed by atoms with van der Waals surface area (Å²) >= 11 is 0. The molecule has 0 aliphatic carbocycles. The van der Waals surface area contributed by atoms with Gasteiger partial charge in [0.2, 0.25) is 11.8 Å². The number of fused-ring (bicyclic) bond motifs is 1. The van der Waals surface area contributed by atoms with E-state index in [1.807, 2.05) is 30.3 Å². The number of likely N-dealkylation sites (tertiary alicyclic amines) is 1. The van der Waals surface area contributed by atoms with Crippen molar-refractivity contribution in [3.05, 3.63) is 59.7 Å². The van der Waals surface area contributed by atoms with E-state index in [1.165, 1.54) is 16.8 Å². The first kappa shape index (κ1) is 20.3. The predicted octanol–water partition coefficient (Wildman–Crippen LogP) is 4.26. The number of nitrogens with one attached hydrogen (secondary N) is 1. The van der Waals surface area contributed by atoms with Crippen LogP contribution in [0.2, 0.25) is 0 Å². The number of carbonyl (C=O) groups is 1. The summed E-state index contributed by atoms with van der Waals surface area (Å²) in [5.41, 5.74) is 4.75. The van der Waals surface area contributed by atoms with Crippen LogP contribution in [0.1, 0.15) is 43.2 Å². The van der Waals surface area contributed by atoms with Gasteiger partial charge in [-0.1, -0.05) is 35.4 Å². The van der Waals surface area contributed by atoms with Gasteiger partial charge in [-0.3, -0.25) is 4.79 Å². The molecule has 33 heavy (non-hydrogen) atoms. The maximum absolute atomic E-state index is 13.1. The van der Waals surface area contributed by atoms with E-state index in [2.05, 4.69) is 43.5 Å². The van der Waals surface area contributed by atoms with Crippen molar-refractivity contribution in [3.63, 3.8) is 0 Å². The van der Waals surface area contributed by atoms with E-state index in [0.29, 0.717) is 30.8 Å². The summed E-state index contributed by atoms with van der Waals surface area (Å²) in [6.45, 7) is 3.32. The molecule has 2 aromatic carbocycles. The zero-order valence-corrected chi connectivity index (χ0v) is 18.8. The molecule has 2 saturated heterocycles. The predicted molar refractivity (Wildman–Crippen MR) is 127 cm³/mol. The maximum Gasteiger partial charge on any atom is 0.318 e. The molecule has 1 aromatic heterocycles. The van der Waals surface area contributed by atoms with Gasteiger partial charge in [-0.15, -0.1) is 5.10 Å². The Morgan fingerprint density at radius 3 is 2.67 bits per heavy atom. The topological polar surface area (TPSA) is 74.5 Å². The third-order valence-corrected chi connectivity index (χ3v) is 7.60. The Labute approximate surface area is 193 Å². The van der Waals surface area contributed by atoms with Gasteiger partial charge in [0.15, 0.2) is 0 Å². The van der Waals surface area contributed by atoms with E-state index in [4.69, 9.17) is 4.42 Å². The minimum absolute atomic E-state index is 0.0805. The molecule has 0 unspecified atom stereocenters. The lowest BCUT2D eigenvalue weighted by atomic mass is 9.78. The lowest BCUT2D eigenvalue weighted by Gasteiger charge is -2.51. The summed E-state index contributed by atoms with van der Waals surface area (Å²) in [7, 11) is 0. The van der Waals surface area contributed by atoms with E-state index in [-0.39, 0.29) is 5.54 Å². The fourth-order valence-electron chi connectivity index (χ4n) is 5.77. The summed E-state index contributed by atoms with van der Waals surface area (Å²) < 4.78 is 6.00. The van der Waals surface area contributed by atoms with Crippen LogP contribution in [0.4, 0.5) is 11.7 Å². The smallest absolute Gasteiger partial charge is 0.318 e. The van der Waals surface area contributed by atoms with E-state index >= 15 is 0 Å². The van der Waals surface area contributed by atoms with Crippen LogP contribution in [-0.2, 0) is 17.8 Å². The molecule has 170 valence electrons. The number of aromatic nitrogens is 2. The molecule has 3 aliphatic heterocycles. The molecule has 7 nitrogen and oxygen atoms in total. The molecular formula is C26H29N5O2. The number of hydrogen-bond donors (Lipinski definition) is 1. The Morgan fingerprint density at radius 2 is 1.82 bits per heavy atom. The van der Waals surface area contributed by atoms with Gasteiger partial charge < -0.3 is 19.5 Å². The number of amides is 1. The van der Waals surface area contributed by atoms with Gasteiger partial charge >= 0.3 is 6.01 Å². The van der Waals surface area contributed by atoms with Crippen molar-refractivity contribution in [2.24, 2.45) is 0 Å². The van der Waals surface area contributed by atoms with Crippen molar-refractivity contribution in [2.75, 3.05) is 29.9 Å². The molecule has 3 aromatic rings. The van der Waals surface area contributed by atoms with Crippen LogP contribution < -0.4 is 10.2 Å². The van der Waals surface area contributed by atoms with E-state index in [9.17, 15) is 4.79 Å². The molecule has 0 saturated carbocycles. The summed E-state index contributed by atoms with van der Waals surface area (Å²) in [6, 6.07) is 16.9. The average molecular weight is 444 g/mol. The molecule has 7 heteroatoms. The number of piperidine rings is 2. The number of rotatable bonds is 4. The minimum Gasteiger partial charge on any atom is -0.403 e. The Morgan fingerprint density at radius 1 is 0.970 bits per heavy atom. The normalized spacial score (nSPS) is 19.6. The second-order valence-electron chi connectivity index (χ2n) is 9.42. The standard InChI is InChI=1S/C26H29N5O2/c32-23-10-5-12-26(31(23)18-20-8-4-9-22-21(20)11-15-27-22)13-16-30(17-14-26)25-29-28-24(33-25)19-6-2-1-3-7-19/h1-4,6-9,27H,5,10-18H2. The Balaban J connectivity index is 1.20. The third kappa shape index (κ3) is 3.65. The highest BCUT2D eigenvalue weighted by atomic mass is 16.4. The third-order valence-electron chi connectivity index (χ3n) is 7.60. The summed E-state index contributed by atoms with van der Waals surface area (Å²) in [6.07, 6.45) is 5.59. The minimum atomic E-state index is -0.0805. The van der Waals surface area contributed by atoms with Gasteiger partial charge in [-0.05, 0) is 61.4 Å². The molecule has 0 atom stereocenters. The van der Waals surface area contributed by atoms with Crippen molar-refractivity contribution >= 4 is 17.6 Å². The molecule has 0 bridgehead atoms. The zero-order chi connectivity index (χ0) is 22.3. The van der Waals surface area contributed by atoms with Crippen LogP contribution in [0.15, 0.2) is 52.9 Å². The van der Waals surface area contributed by atoms with Gasteiger partial charge in [-0.25, -0.2) is 0 Å². The summed E-state index contributed by atoms with van der Waals surface area (Å²) in [5.74, 6) is 0.842. The first-order valence-electron chi connectivity index (χ1n) is 12.0. The zero-order valence-electron chi connectivity index (χ0n) is 18.8. The van der Waals surface area contributed by atoms with Crippen molar-refractivity contribution < 1.29 is 9.21 Å². The highest BCUT2D eigenvalue weighted by Crippen LogP contribution is 2.41. The molecule has 2 fully saturated rings. The largest absolute Gasteiger partial charge is 0.403 e. The van der Waals surface area contributed by atoms with E-state index in [1.54, 1.807) is 0 Å². The highest BCUT2D eigenvalue weighted by molar-refractivity contribution is 5.78. The fraction of sp³-hybridized carbons (Fsp3) is 0.423. The van der Waals surface area contributed by atoms with E-state index < -0.39 is 0 Å². The van der Waals surface area contributed by atoms with Crippen LogP contribution in [0.5, 0.6) is 0 Å². The second-order valence-corrected chi connectivity index (χ2v) is 9.42. The molecule has 6 rings (SSSR count). The first-order valence-corrected chi connectivity index (χ1v) is 12.0. The summed E-state index contributed by atoms with van der Waals surface area (Å²) in [5, 5.41) is 12.0. The van der Waals surface area contributed by atoms with Crippen LogP contribution in [0, 0.1) is 0 Å². The van der Waals surface area contributed by atoms with Crippen LogP contribution in [0.25, 0.3) is 11.5 Å². The molecule has 1 N–H and O–H groups in total. The van der Waals surface area contributed by atoms with Gasteiger partial charge in [0.1, 0.15) is 0 Å². The Kier molecular flexibility index (Phi) is 5.04.